The first-order chi connectivity index (χ1) is 6.24. The van der Waals surface area contributed by atoms with Crippen molar-refractivity contribution in [1.29, 1.82) is 0 Å². The van der Waals surface area contributed by atoms with Crippen molar-refractivity contribution in [2.24, 2.45) is 5.73 Å². The summed E-state index contributed by atoms with van der Waals surface area (Å²) in [6.07, 6.45) is 0. The van der Waals surface area contributed by atoms with Crippen LogP contribution in [0.1, 0.15) is 5.56 Å². The molecule has 2 nitrogen and oxygen atoms in total. The van der Waals surface area contributed by atoms with Crippen LogP contribution in [0.4, 0.5) is 0 Å². The zero-order chi connectivity index (χ0) is 9.68. The van der Waals surface area contributed by atoms with E-state index in [0.29, 0.717) is 6.54 Å². The molecule has 0 heterocycles. The molecule has 0 unspecified atom stereocenters. The molecule has 3 N–H and O–H groups in total. The van der Waals surface area contributed by atoms with Crippen LogP contribution in [0.15, 0.2) is 27.1 Å². The van der Waals surface area contributed by atoms with Crippen molar-refractivity contribution in [3.63, 3.8) is 0 Å². The fraction of sp³-hybridized carbons (Fsp3) is 0.333. The van der Waals surface area contributed by atoms with E-state index in [9.17, 15) is 0 Å². The number of halogens is 2. The summed E-state index contributed by atoms with van der Waals surface area (Å²) in [4.78, 5) is 0. The lowest BCUT2D eigenvalue weighted by atomic mass is 10.2. The van der Waals surface area contributed by atoms with Crippen LogP contribution in [-0.2, 0) is 6.54 Å². The molecule has 0 spiro atoms. The lowest BCUT2D eigenvalue weighted by Crippen LogP contribution is -2.21. The molecule has 13 heavy (non-hydrogen) atoms. The minimum atomic E-state index is 0.678. The van der Waals surface area contributed by atoms with Gasteiger partial charge >= 0.3 is 0 Å². The van der Waals surface area contributed by atoms with Crippen LogP contribution >= 0.6 is 31.9 Å². The summed E-state index contributed by atoms with van der Waals surface area (Å²) in [6, 6.07) is 6.20. The Labute approximate surface area is 95.2 Å². The van der Waals surface area contributed by atoms with Crippen LogP contribution in [0.2, 0.25) is 0 Å². The first kappa shape index (κ1) is 11.2. The van der Waals surface area contributed by atoms with E-state index in [1.165, 1.54) is 5.56 Å². The van der Waals surface area contributed by atoms with Crippen molar-refractivity contribution in [2.75, 3.05) is 13.1 Å². The predicted octanol–water partition coefficient (Wildman–Crippen LogP) is 2.26. The van der Waals surface area contributed by atoms with Gasteiger partial charge in [0.05, 0.1) is 0 Å². The Morgan fingerprint density at radius 1 is 1.23 bits per heavy atom. The number of benzene rings is 1. The maximum atomic E-state index is 5.37. The molecular formula is C9H12Br2N2. The average molecular weight is 308 g/mol. The van der Waals surface area contributed by atoms with E-state index in [4.69, 9.17) is 5.73 Å². The molecule has 0 bridgehead atoms. The van der Waals surface area contributed by atoms with Gasteiger partial charge in [-0.05, 0) is 49.6 Å². The summed E-state index contributed by atoms with van der Waals surface area (Å²) in [5.41, 5.74) is 6.62. The largest absolute Gasteiger partial charge is 0.329 e. The van der Waals surface area contributed by atoms with Gasteiger partial charge in [0.25, 0.3) is 0 Å². The molecule has 0 amide bonds. The number of rotatable bonds is 4. The molecule has 4 heteroatoms. The van der Waals surface area contributed by atoms with Crippen molar-refractivity contribution in [3.05, 3.63) is 32.7 Å². The Balaban J connectivity index is 2.53. The van der Waals surface area contributed by atoms with E-state index in [2.05, 4.69) is 49.3 Å². The predicted molar refractivity (Wildman–Crippen MR) is 62.6 cm³/mol. The molecule has 0 aliphatic heterocycles. The standard InChI is InChI=1S/C9H12Br2N2/c10-8-2-1-7(5-9(8)11)6-13-4-3-12/h1-2,5,13H,3-4,6,12H2. The molecule has 0 aromatic heterocycles. The van der Waals surface area contributed by atoms with E-state index in [0.717, 1.165) is 22.0 Å². The van der Waals surface area contributed by atoms with Crippen LogP contribution in [-0.4, -0.2) is 13.1 Å². The first-order valence-corrected chi connectivity index (χ1v) is 5.67. The van der Waals surface area contributed by atoms with Crippen molar-refractivity contribution in [3.8, 4) is 0 Å². The SMILES string of the molecule is NCCNCc1ccc(Br)c(Br)c1. The summed E-state index contributed by atoms with van der Waals surface area (Å²) >= 11 is 6.88. The number of nitrogens with one attached hydrogen (secondary N) is 1. The maximum Gasteiger partial charge on any atom is 0.0320 e. The smallest absolute Gasteiger partial charge is 0.0320 e. The molecule has 72 valence electrons. The summed E-state index contributed by atoms with van der Waals surface area (Å²) in [7, 11) is 0. The Morgan fingerprint density at radius 3 is 2.62 bits per heavy atom. The third-order valence-corrected chi connectivity index (χ3v) is 3.51. The molecular weight excluding hydrogens is 296 g/mol. The highest BCUT2D eigenvalue weighted by Gasteiger charge is 1.97. The topological polar surface area (TPSA) is 38.0 Å². The molecule has 0 aliphatic rings. The normalized spacial score (nSPS) is 10.4. The molecule has 0 aliphatic carbocycles. The third kappa shape index (κ3) is 3.77. The zero-order valence-electron chi connectivity index (χ0n) is 7.19. The second kappa shape index (κ2) is 5.75. The van der Waals surface area contributed by atoms with Crippen LogP contribution in [0.5, 0.6) is 0 Å². The molecule has 0 atom stereocenters. The number of hydrogen-bond donors (Lipinski definition) is 2. The van der Waals surface area contributed by atoms with Gasteiger partial charge in [0.2, 0.25) is 0 Å². The molecule has 1 rings (SSSR count). The molecule has 1 aromatic carbocycles. The minimum absolute atomic E-state index is 0.678. The highest BCUT2D eigenvalue weighted by atomic mass is 79.9. The van der Waals surface area contributed by atoms with Crippen molar-refractivity contribution in [2.45, 2.75) is 6.54 Å². The van der Waals surface area contributed by atoms with Crippen molar-refractivity contribution in [1.82, 2.24) is 5.32 Å². The average Bonchev–Trinajstić information content (AvgIpc) is 2.12. The van der Waals surface area contributed by atoms with Crippen LogP contribution in [0.25, 0.3) is 0 Å². The van der Waals surface area contributed by atoms with E-state index < -0.39 is 0 Å². The zero-order valence-corrected chi connectivity index (χ0v) is 10.4. The Kier molecular flexibility index (Phi) is 4.94. The molecule has 0 saturated heterocycles. The lowest BCUT2D eigenvalue weighted by molar-refractivity contribution is 0.694. The Morgan fingerprint density at radius 2 is 2.00 bits per heavy atom. The summed E-state index contributed by atoms with van der Waals surface area (Å²) in [5, 5.41) is 3.24. The molecule has 0 fully saturated rings. The second-order valence-corrected chi connectivity index (χ2v) is 4.42. The fourth-order valence-electron chi connectivity index (χ4n) is 0.984. The quantitative estimate of drug-likeness (QED) is 0.838. The van der Waals surface area contributed by atoms with Crippen LogP contribution in [0.3, 0.4) is 0 Å². The Hall–Kier alpha value is 0.1000. The number of hydrogen-bond acceptors (Lipinski definition) is 2. The second-order valence-electron chi connectivity index (χ2n) is 2.71. The monoisotopic (exact) mass is 306 g/mol. The van der Waals surface area contributed by atoms with Crippen LogP contribution in [0, 0.1) is 0 Å². The van der Waals surface area contributed by atoms with Gasteiger partial charge in [-0.25, -0.2) is 0 Å². The molecule has 1 aromatic rings. The maximum absolute atomic E-state index is 5.37. The number of nitrogens with two attached hydrogens (primary N) is 1. The van der Waals surface area contributed by atoms with Gasteiger partial charge in [-0.2, -0.15) is 0 Å². The Bertz CT molecular complexity index is 276. The van der Waals surface area contributed by atoms with Gasteiger partial charge < -0.3 is 11.1 Å². The summed E-state index contributed by atoms with van der Waals surface area (Å²) < 4.78 is 2.16. The highest BCUT2D eigenvalue weighted by molar-refractivity contribution is 9.13. The van der Waals surface area contributed by atoms with Gasteiger partial charge in [0.1, 0.15) is 0 Å². The summed E-state index contributed by atoms with van der Waals surface area (Å²) in [5.74, 6) is 0. The van der Waals surface area contributed by atoms with Crippen molar-refractivity contribution >= 4 is 31.9 Å². The fourth-order valence-corrected chi connectivity index (χ4v) is 1.66. The highest BCUT2D eigenvalue weighted by Crippen LogP contribution is 2.23. The first-order valence-electron chi connectivity index (χ1n) is 4.08. The summed E-state index contributed by atoms with van der Waals surface area (Å²) in [6.45, 7) is 2.40. The van der Waals surface area contributed by atoms with E-state index in [1.54, 1.807) is 0 Å². The van der Waals surface area contributed by atoms with Gasteiger partial charge in [-0.1, -0.05) is 6.07 Å². The van der Waals surface area contributed by atoms with Gasteiger partial charge in [-0.3, -0.25) is 0 Å². The molecule has 0 saturated carbocycles. The minimum Gasteiger partial charge on any atom is -0.329 e. The van der Waals surface area contributed by atoms with E-state index in [-0.39, 0.29) is 0 Å². The lowest BCUT2D eigenvalue weighted by Gasteiger charge is -2.04. The van der Waals surface area contributed by atoms with Crippen LogP contribution < -0.4 is 11.1 Å². The van der Waals surface area contributed by atoms with Gasteiger partial charge in [0, 0.05) is 28.6 Å². The molecule has 0 radical (unpaired) electrons. The van der Waals surface area contributed by atoms with E-state index in [1.807, 2.05) is 6.07 Å². The van der Waals surface area contributed by atoms with Gasteiger partial charge in [0.15, 0.2) is 0 Å². The third-order valence-electron chi connectivity index (χ3n) is 1.63. The van der Waals surface area contributed by atoms with E-state index >= 15 is 0 Å². The van der Waals surface area contributed by atoms with Gasteiger partial charge in [-0.15, -0.1) is 0 Å². The van der Waals surface area contributed by atoms with Crippen molar-refractivity contribution < 1.29 is 0 Å².